The lowest BCUT2D eigenvalue weighted by atomic mass is 9.97. The molecule has 0 N–H and O–H groups in total. The second-order valence-corrected chi connectivity index (χ2v) is 8.30. The minimum Gasteiger partial charge on any atom is -0.497 e. The molecule has 1 aliphatic heterocycles. The first-order valence-corrected chi connectivity index (χ1v) is 10.7. The van der Waals surface area contributed by atoms with Crippen LogP contribution in [0.3, 0.4) is 0 Å². The molecule has 5 rings (SSSR count). The molecule has 1 aliphatic rings. The zero-order chi connectivity index (χ0) is 22.2. The van der Waals surface area contributed by atoms with Crippen LogP contribution in [-0.2, 0) is 13.1 Å². The Hall–Kier alpha value is -3.28. The number of fused-ring (bicyclic) bond motifs is 3. The second kappa shape index (κ2) is 8.34. The maximum Gasteiger partial charge on any atom is 0.344 e. The molecule has 32 heavy (non-hydrogen) atoms. The molecule has 0 saturated heterocycles. The van der Waals surface area contributed by atoms with E-state index < -0.39 is 0 Å². The van der Waals surface area contributed by atoms with Crippen LogP contribution < -0.4 is 15.1 Å². The molecule has 1 aromatic heterocycles. The number of methoxy groups -OCH3 is 1. The molecule has 0 radical (unpaired) electrons. The predicted octanol–water partition coefficient (Wildman–Crippen LogP) is 5.78. The van der Waals surface area contributed by atoms with Gasteiger partial charge in [-0.25, -0.2) is 4.79 Å². The van der Waals surface area contributed by atoms with Crippen LogP contribution in [-0.4, -0.2) is 18.7 Å². The van der Waals surface area contributed by atoms with E-state index >= 15 is 0 Å². The number of ether oxygens (including phenoxy) is 2. The first-order valence-electron chi connectivity index (χ1n) is 10.4. The van der Waals surface area contributed by atoms with Crippen molar-refractivity contribution in [2.75, 3.05) is 13.8 Å². The quantitative estimate of drug-likeness (QED) is 0.371. The van der Waals surface area contributed by atoms with Crippen LogP contribution in [0, 0.1) is 6.92 Å². The molecule has 0 saturated carbocycles. The Morgan fingerprint density at radius 2 is 1.84 bits per heavy atom. The minimum atomic E-state index is -0.364. The third kappa shape index (κ3) is 3.64. The second-order valence-electron chi connectivity index (χ2n) is 7.89. The molecular weight excluding hydrogens is 426 g/mol. The third-order valence-corrected chi connectivity index (χ3v) is 6.28. The van der Waals surface area contributed by atoms with Gasteiger partial charge in [0.15, 0.2) is 0 Å². The molecule has 0 aliphatic carbocycles. The lowest BCUT2D eigenvalue weighted by molar-refractivity contribution is 0.0890. The van der Waals surface area contributed by atoms with Gasteiger partial charge in [-0.15, -0.1) is 0 Å². The summed E-state index contributed by atoms with van der Waals surface area (Å²) < 4.78 is 17.1. The molecular formula is C26H22ClNO4. The summed E-state index contributed by atoms with van der Waals surface area (Å²) in [5, 5.41) is 1.63. The van der Waals surface area contributed by atoms with Crippen LogP contribution in [0.4, 0.5) is 0 Å². The van der Waals surface area contributed by atoms with E-state index in [0.717, 1.165) is 44.2 Å². The zero-order valence-corrected chi connectivity index (χ0v) is 18.6. The molecule has 2 heterocycles. The summed E-state index contributed by atoms with van der Waals surface area (Å²) in [5.41, 5.74) is 4.36. The number of hydrogen-bond acceptors (Lipinski definition) is 5. The number of hydrogen-bond donors (Lipinski definition) is 0. The van der Waals surface area contributed by atoms with E-state index in [0.29, 0.717) is 31.0 Å². The van der Waals surface area contributed by atoms with Gasteiger partial charge in [-0.3, -0.25) is 4.90 Å². The highest BCUT2D eigenvalue weighted by atomic mass is 35.5. The summed E-state index contributed by atoms with van der Waals surface area (Å²) in [6.07, 6.45) is 0. The van der Waals surface area contributed by atoms with Crippen molar-refractivity contribution in [3.8, 4) is 22.6 Å². The van der Waals surface area contributed by atoms with Gasteiger partial charge in [0.2, 0.25) is 0 Å². The van der Waals surface area contributed by atoms with Crippen molar-refractivity contribution in [2.24, 2.45) is 0 Å². The van der Waals surface area contributed by atoms with E-state index in [1.54, 1.807) is 7.11 Å². The maximum absolute atomic E-state index is 13.0. The Bertz CT molecular complexity index is 1360. The SMILES string of the molecule is COc1ccc(-c2c(C)c3ccc4c(c3oc2=O)CN(Cc2ccccc2Cl)CO4)cc1. The molecule has 0 amide bonds. The van der Waals surface area contributed by atoms with Crippen molar-refractivity contribution < 1.29 is 13.9 Å². The van der Waals surface area contributed by atoms with E-state index in [2.05, 4.69) is 4.90 Å². The zero-order valence-electron chi connectivity index (χ0n) is 17.9. The summed E-state index contributed by atoms with van der Waals surface area (Å²) in [7, 11) is 1.62. The van der Waals surface area contributed by atoms with Gasteiger partial charge in [-0.05, 0) is 53.9 Å². The Morgan fingerprint density at radius 3 is 2.59 bits per heavy atom. The molecule has 3 aromatic carbocycles. The van der Waals surface area contributed by atoms with Crippen LogP contribution in [0.1, 0.15) is 16.7 Å². The van der Waals surface area contributed by atoms with Gasteiger partial charge in [0, 0.05) is 23.5 Å². The molecule has 0 bridgehead atoms. The van der Waals surface area contributed by atoms with E-state index in [9.17, 15) is 4.79 Å². The Labute approximate surface area is 190 Å². The van der Waals surface area contributed by atoms with Crippen molar-refractivity contribution in [1.29, 1.82) is 0 Å². The molecule has 0 unspecified atom stereocenters. The van der Waals surface area contributed by atoms with Gasteiger partial charge >= 0.3 is 5.63 Å². The number of rotatable bonds is 4. The van der Waals surface area contributed by atoms with E-state index in [4.69, 9.17) is 25.5 Å². The highest BCUT2D eigenvalue weighted by Crippen LogP contribution is 2.36. The van der Waals surface area contributed by atoms with Crippen LogP contribution in [0.25, 0.3) is 22.1 Å². The number of benzene rings is 3. The topological polar surface area (TPSA) is 51.9 Å². The van der Waals surface area contributed by atoms with Crippen LogP contribution in [0.15, 0.2) is 69.9 Å². The van der Waals surface area contributed by atoms with Gasteiger partial charge in [-0.2, -0.15) is 0 Å². The largest absolute Gasteiger partial charge is 0.497 e. The monoisotopic (exact) mass is 447 g/mol. The van der Waals surface area contributed by atoms with E-state index in [-0.39, 0.29) is 5.63 Å². The van der Waals surface area contributed by atoms with Gasteiger partial charge in [-0.1, -0.05) is 41.9 Å². The summed E-state index contributed by atoms with van der Waals surface area (Å²) in [6, 6.07) is 19.1. The van der Waals surface area contributed by atoms with Gasteiger partial charge < -0.3 is 13.9 Å². The molecule has 4 aromatic rings. The fourth-order valence-electron chi connectivity index (χ4n) is 4.23. The van der Waals surface area contributed by atoms with Crippen molar-refractivity contribution in [3.63, 3.8) is 0 Å². The van der Waals surface area contributed by atoms with Crippen molar-refractivity contribution in [3.05, 3.63) is 92.8 Å². The molecule has 0 fully saturated rings. The number of aryl methyl sites for hydroxylation is 1. The first-order chi connectivity index (χ1) is 15.5. The predicted molar refractivity (Wildman–Crippen MR) is 125 cm³/mol. The Morgan fingerprint density at radius 1 is 1.06 bits per heavy atom. The van der Waals surface area contributed by atoms with Crippen molar-refractivity contribution >= 4 is 22.6 Å². The molecule has 5 nitrogen and oxygen atoms in total. The first kappa shape index (κ1) is 20.6. The molecule has 6 heteroatoms. The van der Waals surface area contributed by atoms with Crippen molar-refractivity contribution in [2.45, 2.75) is 20.0 Å². The standard InChI is InChI=1S/C26H22ClNO4/c1-16-20-11-12-23-21(14-28(15-31-23)13-18-5-3-4-6-22(18)27)25(20)32-26(29)24(16)17-7-9-19(30-2)10-8-17/h3-12H,13-15H2,1-2H3. The maximum atomic E-state index is 13.0. The number of nitrogens with zero attached hydrogens (tertiary/aromatic N) is 1. The molecule has 0 spiro atoms. The van der Waals surface area contributed by atoms with Crippen LogP contribution in [0.5, 0.6) is 11.5 Å². The fraction of sp³-hybridized carbons (Fsp3) is 0.192. The smallest absolute Gasteiger partial charge is 0.344 e. The lowest BCUT2D eigenvalue weighted by Crippen LogP contribution is -2.31. The normalized spacial score (nSPS) is 13.6. The third-order valence-electron chi connectivity index (χ3n) is 5.91. The van der Waals surface area contributed by atoms with Gasteiger partial charge in [0.1, 0.15) is 23.8 Å². The van der Waals surface area contributed by atoms with Gasteiger partial charge in [0.25, 0.3) is 0 Å². The Kier molecular flexibility index (Phi) is 5.37. The lowest BCUT2D eigenvalue weighted by Gasteiger charge is -2.29. The highest BCUT2D eigenvalue weighted by molar-refractivity contribution is 6.31. The fourth-order valence-corrected chi connectivity index (χ4v) is 4.42. The molecule has 162 valence electrons. The summed E-state index contributed by atoms with van der Waals surface area (Å²) in [4.78, 5) is 15.2. The van der Waals surface area contributed by atoms with E-state index in [1.807, 2.05) is 67.6 Å². The summed E-state index contributed by atoms with van der Waals surface area (Å²) in [5.74, 6) is 1.48. The summed E-state index contributed by atoms with van der Waals surface area (Å²) in [6.45, 7) is 3.64. The van der Waals surface area contributed by atoms with Crippen LogP contribution >= 0.6 is 11.6 Å². The average Bonchev–Trinajstić information content (AvgIpc) is 2.81. The van der Waals surface area contributed by atoms with E-state index in [1.165, 1.54) is 0 Å². The Balaban J connectivity index is 1.55. The minimum absolute atomic E-state index is 0.364. The van der Waals surface area contributed by atoms with Crippen molar-refractivity contribution in [1.82, 2.24) is 4.90 Å². The highest BCUT2D eigenvalue weighted by Gasteiger charge is 2.24. The van der Waals surface area contributed by atoms with Crippen LogP contribution in [0.2, 0.25) is 5.02 Å². The average molecular weight is 448 g/mol. The number of halogens is 1. The molecule has 0 atom stereocenters. The summed E-state index contributed by atoms with van der Waals surface area (Å²) >= 11 is 6.34. The van der Waals surface area contributed by atoms with Gasteiger partial charge in [0.05, 0.1) is 18.2 Å².